The maximum Gasteiger partial charge on any atom is 0.227 e. The fraction of sp³-hybridized carbons (Fsp3) is 0.895. The van der Waals surface area contributed by atoms with Gasteiger partial charge in [0.1, 0.15) is 6.54 Å². The molecule has 5 fully saturated rings. The van der Waals surface area contributed by atoms with Gasteiger partial charge in [-0.3, -0.25) is 4.79 Å². The molecule has 45 heavy (non-hydrogen) atoms. The summed E-state index contributed by atoms with van der Waals surface area (Å²) in [5, 5.41) is 33.7. The van der Waals surface area contributed by atoms with Crippen LogP contribution in [0.25, 0.3) is 0 Å². The van der Waals surface area contributed by atoms with Crippen LogP contribution in [-0.2, 0) is 9.59 Å². The number of hydrogen-bond donors (Lipinski definition) is 3. The number of nitrogens with one attached hydrogen (secondary N) is 1. The van der Waals surface area contributed by atoms with Crippen LogP contribution in [0.3, 0.4) is 0 Å². The fourth-order valence-electron chi connectivity index (χ4n) is 12.2. The average molecular weight is 631 g/mol. The van der Waals surface area contributed by atoms with E-state index in [0.29, 0.717) is 23.7 Å². The van der Waals surface area contributed by atoms with Gasteiger partial charge in [0, 0.05) is 0 Å². The lowest BCUT2D eigenvalue weighted by molar-refractivity contribution is -0.870. The van der Waals surface area contributed by atoms with Gasteiger partial charge >= 0.3 is 0 Å². The van der Waals surface area contributed by atoms with E-state index in [-0.39, 0.29) is 46.2 Å². The summed E-state index contributed by atoms with van der Waals surface area (Å²) in [6.45, 7) is 21.4. The molecule has 0 radical (unpaired) electrons. The monoisotopic (exact) mass is 630 g/mol. The van der Waals surface area contributed by atoms with E-state index in [1.807, 2.05) is 0 Å². The van der Waals surface area contributed by atoms with E-state index >= 15 is 0 Å². The second-order valence-electron chi connectivity index (χ2n) is 18.5. The molecule has 0 aromatic heterocycles. The molecule has 7 nitrogen and oxygen atoms in total. The Labute approximate surface area is 274 Å². The van der Waals surface area contributed by atoms with Crippen molar-refractivity contribution in [2.45, 2.75) is 125 Å². The van der Waals surface area contributed by atoms with Gasteiger partial charge in [-0.25, -0.2) is 0 Å². The lowest BCUT2D eigenvalue weighted by Gasteiger charge is -2.72. The molecule has 11 atom stereocenters. The van der Waals surface area contributed by atoms with Crippen LogP contribution in [0.5, 0.6) is 0 Å². The number of nitrogens with zero attached hydrogens (tertiary/aromatic N) is 1. The van der Waals surface area contributed by atoms with Crippen LogP contribution in [-0.4, -0.2) is 73.0 Å². The number of aliphatic hydroxyl groups excluding tert-OH is 2. The summed E-state index contributed by atoms with van der Waals surface area (Å²) < 4.78 is 0.844. The van der Waals surface area contributed by atoms with Crippen LogP contribution in [0.2, 0.25) is 0 Å². The van der Waals surface area contributed by atoms with Gasteiger partial charge in [0.25, 0.3) is 0 Å². The molecule has 5 rings (SSSR count). The summed E-state index contributed by atoms with van der Waals surface area (Å²) >= 11 is 0. The molecule has 4 unspecified atom stereocenters. The minimum atomic E-state index is -1.22. The molecule has 0 aromatic carbocycles. The number of rotatable bonds is 6. The highest BCUT2D eigenvalue weighted by molar-refractivity contribution is 5.87. The Hall–Kier alpha value is -1.44. The number of aliphatic carboxylic acids is 1. The van der Waals surface area contributed by atoms with Gasteiger partial charge in [0.2, 0.25) is 5.91 Å². The number of likely N-dealkylation sites (N-methyl/N-ethyl adjacent to an activating group) is 1. The highest BCUT2D eigenvalue weighted by Gasteiger charge is 2.71. The van der Waals surface area contributed by atoms with Crippen molar-refractivity contribution < 1.29 is 29.4 Å². The smallest absolute Gasteiger partial charge is 0.227 e. The first kappa shape index (κ1) is 36.4. The summed E-state index contributed by atoms with van der Waals surface area (Å²) in [5.41, 5.74) is 1.13. The third kappa shape index (κ3) is 5.83. The molecule has 5 saturated carbocycles. The van der Waals surface area contributed by atoms with Gasteiger partial charge in [-0.2, -0.15) is 0 Å². The number of hydrogen-bond acceptors (Lipinski definition) is 5. The maximum atomic E-state index is 13.9. The number of fused-ring (bicyclic) bond motifs is 7. The Kier molecular flexibility index (Phi) is 9.88. The minimum absolute atomic E-state index is 0.0575. The first-order valence-electron chi connectivity index (χ1n) is 17.9. The lowest BCUT2D eigenvalue weighted by Crippen LogP contribution is -2.67. The van der Waals surface area contributed by atoms with Crippen molar-refractivity contribution in [2.24, 2.45) is 56.7 Å². The first-order chi connectivity index (χ1) is 20.6. The summed E-state index contributed by atoms with van der Waals surface area (Å²) in [4.78, 5) is 25.4. The van der Waals surface area contributed by atoms with Gasteiger partial charge in [-0.15, -0.1) is 0 Å². The number of aliphatic hydroxyl groups is 2. The van der Waals surface area contributed by atoms with Gasteiger partial charge in [-0.1, -0.05) is 46.8 Å². The summed E-state index contributed by atoms with van der Waals surface area (Å²) in [7, 11) is 6.16. The number of carboxylic acid groups (broad SMARTS) is 1. The van der Waals surface area contributed by atoms with E-state index in [9.17, 15) is 19.8 Å². The molecule has 0 saturated heterocycles. The molecular formula is C38H66N2O5. The zero-order valence-electron chi connectivity index (χ0n) is 30.3. The molecule has 1 amide bonds. The summed E-state index contributed by atoms with van der Waals surface area (Å²) in [6, 6.07) is -0.983. The van der Waals surface area contributed by atoms with E-state index in [1.54, 1.807) is 0 Å². The predicted molar refractivity (Wildman–Crippen MR) is 178 cm³/mol. The van der Waals surface area contributed by atoms with Crippen molar-refractivity contribution in [3.05, 3.63) is 12.2 Å². The normalized spacial score (nSPS) is 44.1. The van der Waals surface area contributed by atoms with Crippen molar-refractivity contribution in [1.29, 1.82) is 0 Å². The Bertz CT molecular complexity index is 1150. The molecule has 0 aliphatic heterocycles. The second kappa shape index (κ2) is 12.2. The van der Waals surface area contributed by atoms with Crippen molar-refractivity contribution >= 4 is 11.9 Å². The molecule has 5 aliphatic rings. The minimum Gasteiger partial charge on any atom is -0.548 e. The summed E-state index contributed by atoms with van der Waals surface area (Å²) in [6.07, 6.45) is 10.1. The van der Waals surface area contributed by atoms with E-state index in [2.05, 4.69) is 74.6 Å². The van der Waals surface area contributed by atoms with E-state index in [0.717, 1.165) is 56.0 Å². The second-order valence-corrected chi connectivity index (χ2v) is 18.5. The molecule has 0 bridgehead atoms. The summed E-state index contributed by atoms with van der Waals surface area (Å²) in [5.74, 6) is 0.793. The van der Waals surface area contributed by atoms with Gasteiger partial charge in [-0.05, 0) is 129 Å². The molecule has 5 aliphatic carbocycles. The van der Waals surface area contributed by atoms with E-state index < -0.39 is 17.4 Å². The highest BCUT2D eigenvalue weighted by atomic mass is 16.4. The average Bonchev–Trinajstić information content (AvgIpc) is 3.32. The van der Waals surface area contributed by atoms with E-state index in [4.69, 9.17) is 5.11 Å². The molecule has 0 heterocycles. The van der Waals surface area contributed by atoms with Crippen molar-refractivity contribution in [2.75, 3.05) is 34.3 Å². The van der Waals surface area contributed by atoms with Crippen LogP contribution in [0.1, 0.15) is 113 Å². The molecule has 7 heteroatoms. The topological polar surface area (TPSA) is 110 Å². The zero-order valence-corrected chi connectivity index (χ0v) is 30.3. The Morgan fingerprint density at radius 2 is 1.56 bits per heavy atom. The highest BCUT2D eigenvalue weighted by Crippen LogP contribution is 2.77. The Balaban J connectivity index is 0.000000591. The molecular weight excluding hydrogens is 564 g/mol. The Morgan fingerprint density at radius 3 is 2.09 bits per heavy atom. The van der Waals surface area contributed by atoms with Crippen LogP contribution in [0.4, 0.5) is 0 Å². The number of amides is 1. The first-order valence-corrected chi connectivity index (χ1v) is 17.9. The number of carbonyl (C=O) groups excluding carboxylic acids is 2. The molecule has 0 aromatic rings. The molecule has 258 valence electrons. The SMILES string of the molecule is C=C(C)[C@@H]1CC[C@]2(C(=O)N[C@H](C)C(=O)[O-])CC[C@]3(C)C(CCC4[C@@]5(C)CC[C@H](O)C(C)(C)C5CC[C@]43C)C12.C[N+](C)(C)CCO. The quantitative estimate of drug-likeness (QED) is 0.285. The zero-order chi connectivity index (χ0) is 34.0. The third-order valence-electron chi connectivity index (χ3n) is 15.0. The van der Waals surface area contributed by atoms with Crippen LogP contribution in [0, 0.1) is 56.7 Å². The largest absolute Gasteiger partial charge is 0.548 e. The number of quaternary nitrogens is 1. The van der Waals surface area contributed by atoms with Gasteiger partial charge in [0.15, 0.2) is 0 Å². The van der Waals surface area contributed by atoms with Crippen LogP contribution < -0.4 is 10.4 Å². The number of carboxylic acids is 1. The Morgan fingerprint density at radius 1 is 0.911 bits per heavy atom. The van der Waals surface area contributed by atoms with Gasteiger partial charge < -0.3 is 29.9 Å². The number of allylic oxidation sites excluding steroid dienone is 1. The lowest BCUT2D eigenvalue weighted by atomic mass is 9.32. The van der Waals surface area contributed by atoms with Crippen molar-refractivity contribution in [3.8, 4) is 0 Å². The van der Waals surface area contributed by atoms with Crippen LogP contribution >= 0.6 is 0 Å². The predicted octanol–water partition coefficient (Wildman–Crippen LogP) is 4.94. The maximum absolute atomic E-state index is 13.9. The van der Waals surface area contributed by atoms with Crippen molar-refractivity contribution in [3.63, 3.8) is 0 Å². The standard InChI is InChI=1S/C33H53NO4.C5H14NO/c1-19(2)21-11-16-33(28(38)34-20(3)27(36)37)18-17-31(7)22(26(21)33)9-10-24-30(6)14-13-25(35)29(4,5)23(30)12-15-32(24,31)8;1-6(2,3)4-5-7/h20-26,35H,1,9-18H2,2-8H3,(H,34,38)(H,36,37);7H,4-5H2,1-3H3/q;+1/p-1/t20-,21+,22?,23?,24?,25+,26?,30+,31-,32-,33+;/m1./s1. The van der Waals surface area contributed by atoms with Crippen LogP contribution in [0.15, 0.2) is 12.2 Å². The third-order valence-corrected chi connectivity index (χ3v) is 15.0. The molecule has 0 spiro atoms. The van der Waals surface area contributed by atoms with Crippen molar-refractivity contribution in [1.82, 2.24) is 5.32 Å². The molecule has 3 N–H and O–H groups in total. The fourth-order valence-corrected chi connectivity index (χ4v) is 12.2. The number of carbonyl (C=O) groups is 2. The van der Waals surface area contributed by atoms with Gasteiger partial charge in [0.05, 0.1) is 51.3 Å². The van der Waals surface area contributed by atoms with E-state index in [1.165, 1.54) is 31.8 Å².